The minimum absolute atomic E-state index is 0. The summed E-state index contributed by atoms with van der Waals surface area (Å²) in [7, 11) is 0. The molecule has 0 saturated carbocycles. The molecule has 2 aromatic heterocycles. The first-order valence-corrected chi connectivity index (χ1v) is 9.13. The summed E-state index contributed by atoms with van der Waals surface area (Å²) in [6.45, 7) is 1.58. The molecule has 4 rings (SSSR count). The predicted molar refractivity (Wildman–Crippen MR) is 108 cm³/mol. The van der Waals surface area contributed by atoms with Crippen molar-refractivity contribution >= 4 is 35.2 Å². The molecule has 154 valence electrons. The van der Waals surface area contributed by atoms with E-state index in [0.29, 0.717) is 25.3 Å². The Morgan fingerprint density at radius 1 is 1.28 bits per heavy atom. The second kappa shape index (κ2) is 9.00. The van der Waals surface area contributed by atoms with Gasteiger partial charge in [-0.25, -0.2) is 19.2 Å². The highest BCUT2D eigenvalue weighted by Crippen LogP contribution is 2.30. The molecule has 0 aliphatic carbocycles. The van der Waals surface area contributed by atoms with Gasteiger partial charge in [-0.3, -0.25) is 14.3 Å². The smallest absolute Gasteiger partial charge is 0.330 e. The molecule has 11 heteroatoms. The van der Waals surface area contributed by atoms with E-state index in [1.54, 1.807) is 6.07 Å². The number of H-pyrrole nitrogens is 1. The number of aromatic amines is 1. The summed E-state index contributed by atoms with van der Waals surface area (Å²) in [5.41, 5.74) is -0.292. The van der Waals surface area contributed by atoms with Gasteiger partial charge < -0.3 is 10.1 Å². The van der Waals surface area contributed by atoms with Crippen molar-refractivity contribution in [2.75, 3.05) is 19.7 Å². The van der Waals surface area contributed by atoms with Crippen LogP contribution in [-0.4, -0.2) is 39.2 Å². The topological polar surface area (TPSA) is 102 Å². The summed E-state index contributed by atoms with van der Waals surface area (Å²) in [4.78, 5) is 35.8. The van der Waals surface area contributed by atoms with E-state index in [2.05, 4.69) is 20.3 Å². The van der Waals surface area contributed by atoms with Crippen molar-refractivity contribution < 1.29 is 9.13 Å². The second-order valence-corrected chi connectivity index (χ2v) is 6.94. The number of ether oxygens (including phenoxy) is 1. The first-order valence-electron chi connectivity index (χ1n) is 8.75. The zero-order chi connectivity index (χ0) is 19.7. The molecule has 2 N–H and O–H groups in total. The Morgan fingerprint density at radius 2 is 2.07 bits per heavy atom. The second-order valence-electron chi connectivity index (χ2n) is 6.53. The predicted octanol–water partition coefficient (Wildman–Crippen LogP) is 1.67. The SMILES string of the molecule is Cl.O=c1[nH]c2nccnc2c(=O)n1C[C@@H]1CNCCO[C@H]1c1ccc(Cl)c(F)c1. The lowest BCUT2D eigenvalue weighted by atomic mass is 9.95. The van der Waals surface area contributed by atoms with Gasteiger partial charge in [0.2, 0.25) is 0 Å². The third-order valence-corrected chi connectivity index (χ3v) is 5.02. The van der Waals surface area contributed by atoms with Gasteiger partial charge in [-0.05, 0) is 17.7 Å². The standard InChI is InChI=1S/C18H17ClFN5O3.ClH/c19-12-2-1-10(7-13(12)20)15-11(8-21-5-6-28-15)9-25-17(26)14-16(24-18(25)27)23-4-3-22-14;/h1-4,7,11,15,21H,5-6,8-9H2,(H,23,24,27);1H/t11-,15-;/m0./s1. The Labute approximate surface area is 175 Å². The highest BCUT2D eigenvalue weighted by atomic mass is 35.5. The number of fused-ring (bicyclic) bond motifs is 1. The lowest BCUT2D eigenvalue weighted by Gasteiger charge is -2.25. The summed E-state index contributed by atoms with van der Waals surface area (Å²) in [5, 5.41) is 3.24. The minimum atomic E-state index is -0.580. The fraction of sp³-hybridized carbons (Fsp3) is 0.333. The molecule has 1 saturated heterocycles. The van der Waals surface area contributed by atoms with Crippen LogP contribution >= 0.6 is 24.0 Å². The summed E-state index contributed by atoms with van der Waals surface area (Å²) in [6.07, 6.45) is 2.28. The molecule has 2 atom stereocenters. The van der Waals surface area contributed by atoms with Gasteiger partial charge >= 0.3 is 5.69 Å². The molecular formula is C18H18Cl2FN5O3. The zero-order valence-corrected chi connectivity index (χ0v) is 16.7. The molecule has 1 fully saturated rings. The molecule has 1 aromatic carbocycles. The van der Waals surface area contributed by atoms with Crippen LogP contribution in [0.15, 0.2) is 40.2 Å². The van der Waals surface area contributed by atoms with Crippen molar-refractivity contribution in [2.45, 2.75) is 12.6 Å². The van der Waals surface area contributed by atoms with E-state index in [1.165, 1.54) is 24.5 Å². The molecule has 3 heterocycles. The monoisotopic (exact) mass is 441 g/mol. The molecule has 0 bridgehead atoms. The third kappa shape index (κ3) is 4.32. The van der Waals surface area contributed by atoms with Crippen molar-refractivity contribution in [1.82, 2.24) is 24.8 Å². The van der Waals surface area contributed by atoms with Crippen LogP contribution in [0.4, 0.5) is 4.39 Å². The average Bonchev–Trinajstić information content (AvgIpc) is 2.93. The molecule has 0 spiro atoms. The first-order chi connectivity index (χ1) is 13.5. The molecule has 1 aliphatic rings. The lowest BCUT2D eigenvalue weighted by Crippen LogP contribution is -2.40. The van der Waals surface area contributed by atoms with Crippen molar-refractivity contribution in [3.63, 3.8) is 0 Å². The number of benzene rings is 1. The molecular weight excluding hydrogens is 424 g/mol. The number of nitrogens with zero attached hydrogens (tertiary/aromatic N) is 3. The average molecular weight is 442 g/mol. The maximum Gasteiger partial charge on any atom is 0.330 e. The van der Waals surface area contributed by atoms with Gasteiger partial charge in [0.25, 0.3) is 5.56 Å². The zero-order valence-electron chi connectivity index (χ0n) is 15.1. The van der Waals surface area contributed by atoms with Gasteiger partial charge in [0.05, 0.1) is 17.7 Å². The first kappa shape index (κ1) is 21.4. The Balaban J connectivity index is 0.00000240. The Morgan fingerprint density at radius 3 is 2.86 bits per heavy atom. The number of nitrogens with one attached hydrogen (secondary N) is 2. The molecule has 29 heavy (non-hydrogen) atoms. The fourth-order valence-corrected chi connectivity index (χ4v) is 3.50. The van der Waals surface area contributed by atoms with E-state index >= 15 is 0 Å². The summed E-state index contributed by atoms with van der Waals surface area (Å²) < 4.78 is 21.0. The van der Waals surface area contributed by atoms with Gasteiger partial charge in [-0.1, -0.05) is 17.7 Å². The molecule has 8 nitrogen and oxygen atoms in total. The Bertz CT molecular complexity index is 1140. The summed E-state index contributed by atoms with van der Waals surface area (Å²) >= 11 is 5.78. The molecule has 1 aliphatic heterocycles. The van der Waals surface area contributed by atoms with Gasteiger partial charge in [0, 0.05) is 37.9 Å². The lowest BCUT2D eigenvalue weighted by molar-refractivity contribution is 0.0245. The summed E-state index contributed by atoms with van der Waals surface area (Å²) in [5.74, 6) is -0.842. The van der Waals surface area contributed by atoms with Crippen LogP contribution in [0, 0.1) is 11.7 Å². The van der Waals surface area contributed by atoms with E-state index in [9.17, 15) is 14.0 Å². The minimum Gasteiger partial charge on any atom is -0.372 e. The van der Waals surface area contributed by atoms with Crippen LogP contribution < -0.4 is 16.6 Å². The van der Waals surface area contributed by atoms with E-state index in [4.69, 9.17) is 16.3 Å². The maximum atomic E-state index is 14.0. The van der Waals surface area contributed by atoms with E-state index in [1.807, 2.05) is 0 Å². The van der Waals surface area contributed by atoms with Crippen molar-refractivity contribution in [1.29, 1.82) is 0 Å². The van der Waals surface area contributed by atoms with Crippen LogP contribution in [0.3, 0.4) is 0 Å². The molecule has 0 unspecified atom stereocenters. The van der Waals surface area contributed by atoms with E-state index < -0.39 is 23.2 Å². The van der Waals surface area contributed by atoms with Crippen LogP contribution in [0.5, 0.6) is 0 Å². The summed E-state index contributed by atoms with van der Waals surface area (Å²) in [6, 6.07) is 4.48. The fourth-order valence-electron chi connectivity index (χ4n) is 3.38. The molecule has 0 radical (unpaired) electrons. The van der Waals surface area contributed by atoms with Crippen molar-refractivity contribution in [3.05, 3.63) is 67.8 Å². The van der Waals surface area contributed by atoms with Gasteiger partial charge in [-0.15, -0.1) is 12.4 Å². The molecule has 0 amide bonds. The highest BCUT2D eigenvalue weighted by molar-refractivity contribution is 6.30. The van der Waals surface area contributed by atoms with Gasteiger partial charge in [0.15, 0.2) is 11.2 Å². The number of aromatic nitrogens is 4. The largest absolute Gasteiger partial charge is 0.372 e. The van der Waals surface area contributed by atoms with Gasteiger partial charge in [0.1, 0.15) is 5.82 Å². The number of rotatable bonds is 3. The Kier molecular flexibility index (Phi) is 6.63. The van der Waals surface area contributed by atoms with Crippen LogP contribution in [-0.2, 0) is 11.3 Å². The number of halogens is 3. The van der Waals surface area contributed by atoms with E-state index in [-0.39, 0.29) is 41.1 Å². The van der Waals surface area contributed by atoms with Crippen molar-refractivity contribution in [3.8, 4) is 0 Å². The third-order valence-electron chi connectivity index (χ3n) is 4.72. The van der Waals surface area contributed by atoms with E-state index in [0.717, 1.165) is 4.57 Å². The van der Waals surface area contributed by atoms with Gasteiger partial charge in [-0.2, -0.15) is 0 Å². The normalized spacial score (nSPS) is 19.5. The van der Waals surface area contributed by atoms with Crippen molar-refractivity contribution in [2.24, 2.45) is 5.92 Å². The van der Waals surface area contributed by atoms with Crippen LogP contribution in [0.2, 0.25) is 5.02 Å². The van der Waals surface area contributed by atoms with Crippen LogP contribution in [0.25, 0.3) is 11.2 Å². The maximum absolute atomic E-state index is 14.0. The van der Waals surface area contributed by atoms with Crippen LogP contribution in [0.1, 0.15) is 11.7 Å². The Hall–Kier alpha value is -2.33. The number of hydrogen-bond donors (Lipinski definition) is 2. The molecule has 3 aromatic rings. The quantitative estimate of drug-likeness (QED) is 0.640. The highest BCUT2D eigenvalue weighted by Gasteiger charge is 2.28. The number of hydrogen-bond acceptors (Lipinski definition) is 6.